The second-order valence-electron chi connectivity index (χ2n) is 5.99. The number of aliphatic hydroxyl groups is 1. The summed E-state index contributed by atoms with van der Waals surface area (Å²) in [6.45, 7) is 1.62. The third-order valence-corrected chi connectivity index (χ3v) is 4.55. The number of ether oxygens (including phenoxy) is 1. The largest absolute Gasteiger partial charge is 0.494 e. The zero-order valence-corrected chi connectivity index (χ0v) is 12.9. The van der Waals surface area contributed by atoms with E-state index in [9.17, 15) is 13.9 Å². The summed E-state index contributed by atoms with van der Waals surface area (Å²) in [5.41, 5.74) is 0.0740. The van der Waals surface area contributed by atoms with Crippen LogP contribution in [-0.2, 0) is 11.3 Å². The van der Waals surface area contributed by atoms with Crippen molar-refractivity contribution < 1.29 is 28.5 Å². The smallest absolute Gasteiger partial charge is 0.290 e. The molecule has 1 saturated carbocycles. The molecule has 128 valence electrons. The van der Waals surface area contributed by atoms with Crippen LogP contribution in [0.3, 0.4) is 0 Å². The van der Waals surface area contributed by atoms with Crippen LogP contribution in [0.4, 0.5) is 8.78 Å². The van der Waals surface area contributed by atoms with Crippen molar-refractivity contribution in [2.45, 2.75) is 25.5 Å². The lowest BCUT2D eigenvalue weighted by Crippen LogP contribution is -2.24. The first kappa shape index (κ1) is 17.6. The van der Waals surface area contributed by atoms with E-state index >= 15 is 0 Å². The van der Waals surface area contributed by atoms with Crippen LogP contribution in [0.15, 0.2) is 12.1 Å². The highest BCUT2D eigenvalue weighted by Gasteiger charge is 2.40. The highest BCUT2D eigenvalue weighted by atomic mass is 19.1. The van der Waals surface area contributed by atoms with Gasteiger partial charge in [-0.15, -0.1) is 0 Å². The fourth-order valence-electron chi connectivity index (χ4n) is 3.60. The average molecular weight is 329 g/mol. The molecular weight excluding hydrogens is 308 g/mol. The zero-order valence-electron chi connectivity index (χ0n) is 12.9. The molecule has 1 aromatic carbocycles. The Balaban J connectivity index is 0.000000595. The molecule has 1 unspecified atom stereocenters. The first-order valence-electron chi connectivity index (χ1n) is 7.49. The lowest BCUT2D eigenvalue weighted by molar-refractivity contribution is -0.122. The molecule has 0 aromatic heterocycles. The fraction of sp³-hybridized carbons (Fsp3) is 0.562. The van der Waals surface area contributed by atoms with Crippen LogP contribution in [0, 0.1) is 23.5 Å². The maximum Gasteiger partial charge on any atom is 0.290 e. The van der Waals surface area contributed by atoms with Crippen molar-refractivity contribution in [1.29, 1.82) is 0 Å². The lowest BCUT2D eigenvalue weighted by Gasteiger charge is -2.19. The van der Waals surface area contributed by atoms with Gasteiger partial charge in [-0.3, -0.25) is 9.69 Å². The molecule has 2 fully saturated rings. The van der Waals surface area contributed by atoms with Crippen LogP contribution in [0.5, 0.6) is 5.75 Å². The molecule has 3 rings (SSSR count). The molecule has 0 amide bonds. The van der Waals surface area contributed by atoms with Crippen LogP contribution in [0.2, 0.25) is 0 Å². The first-order valence-corrected chi connectivity index (χ1v) is 7.49. The second kappa shape index (κ2) is 7.70. The zero-order chi connectivity index (χ0) is 17.0. The Hall–Kier alpha value is -1.73. The first-order chi connectivity index (χ1) is 11.0. The van der Waals surface area contributed by atoms with Crippen molar-refractivity contribution >= 4 is 6.47 Å². The van der Waals surface area contributed by atoms with Crippen molar-refractivity contribution in [3.8, 4) is 5.75 Å². The maximum atomic E-state index is 14.1. The number of carbonyl (C=O) groups is 1. The molecule has 0 radical (unpaired) electrons. The molecule has 0 bridgehead atoms. The van der Waals surface area contributed by atoms with Gasteiger partial charge in [-0.05, 0) is 36.8 Å². The molecular formula is C16H21F2NO4. The predicted molar refractivity (Wildman–Crippen MR) is 79.1 cm³/mol. The van der Waals surface area contributed by atoms with E-state index in [1.165, 1.54) is 19.2 Å². The standard InChI is InChI=1S/C15H19F2NO2.CH2O2/c1-20-14-3-2-13(16)12(15(14)17)8-18-6-9-4-11(19)5-10(9)7-18;2-1-3/h2-3,9-11,19H,4-8H2,1H3;1H,(H,2,3)/t9-,10+,11?;. The number of rotatable bonds is 3. The van der Waals surface area contributed by atoms with Crippen molar-refractivity contribution in [1.82, 2.24) is 4.90 Å². The number of aliphatic hydroxyl groups excluding tert-OH is 1. The number of hydrogen-bond acceptors (Lipinski definition) is 4. The molecule has 23 heavy (non-hydrogen) atoms. The Morgan fingerprint density at radius 1 is 1.30 bits per heavy atom. The van der Waals surface area contributed by atoms with Gasteiger partial charge in [0.05, 0.1) is 13.2 Å². The van der Waals surface area contributed by atoms with Gasteiger partial charge in [0.15, 0.2) is 11.6 Å². The lowest BCUT2D eigenvalue weighted by atomic mass is 10.0. The summed E-state index contributed by atoms with van der Waals surface area (Å²) in [6, 6.07) is 2.56. The number of fused-ring (bicyclic) bond motifs is 1. The molecule has 2 aliphatic rings. The average Bonchev–Trinajstić information content (AvgIpc) is 3.01. The molecule has 1 aromatic rings. The van der Waals surface area contributed by atoms with Gasteiger partial charge < -0.3 is 14.9 Å². The Morgan fingerprint density at radius 2 is 1.87 bits per heavy atom. The van der Waals surface area contributed by atoms with E-state index in [4.69, 9.17) is 14.6 Å². The van der Waals surface area contributed by atoms with E-state index in [-0.39, 0.29) is 30.4 Å². The van der Waals surface area contributed by atoms with Gasteiger partial charge in [0.25, 0.3) is 6.47 Å². The Labute approximate surface area is 133 Å². The molecule has 1 heterocycles. The normalized spacial score (nSPS) is 26.3. The summed E-state index contributed by atoms with van der Waals surface area (Å²) in [4.78, 5) is 10.4. The van der Waals surface area contributed by atoms with Crippen LogP contribution < -0.4 is 4.74 Å². The molecule has 1 aliphatic heterocycles. The Bertz CT molecular complexity index is 541. The summed E-state index contributed by atoms with van der Waals surface area (Å²) < 4.78 is 32.8. The van der Waals surface area contributed by atoms with Crippen molar-refractivity contribution in [2.24, 2.45) is 11.8 Å². The fourth-order valence-corrected chi connectivity index (χ4v) is 3.60. The highest BCUT2D eigenvalue weighted by molar-refractivity contribution is 5.33. The minimum atomic E-state index is -0.607. The second-order valence-corrected chi connectivity index (χ2v) is 5.99. The van der Waals surface area contributed by atoms with Crippen molar-refractivity contribution in [3.05, 3.63) is 29.3 Å². The Kier molecular flexibility index (Phi) is 5.90. The van der Waals surface area contributed by atoms with Crippen LogP contribution >= 0.6 is 0 Å². The minimum Gasteiger partial charge on any atom is -0.494 e. The molecule has 2 N–H and O–H groups in total. The van der Waals surface area contributed by atoms with E-state index in [0.29, 0.717) is 11.8 Å². The number of nitrogens with zero attached hydrogens (tertiary/aromatic N) is 1. The van der Waals surface area contributed by atoms with Gasteiger partial charge in [0.1, 0.15) is 5.82 Å². The van der Waals surface area contributed by atoms with Gasteiger partial charge >= 0.3 is 0 Å². The third kappa shape index (κ3) is 3.97. The van der Waals surface area contributed by atoms with Gasteiger partial charge in [-0.1, -0.05) is 0 Å². The monoisotopic (exact) mass is 329 g/mol. The summed E-state index contributed by atoms with van der Waals surface area (Å²) in [5, 5.41) is 16.5. The number of benzene rings is 1. The van der Waals surface area contributed by atoms with Gasteiger partial charge in [-0.2, -0.15) is 0 Å². The molecule has 1 saturated heterocycles. The van der Waals surface area contributed by atoms with Gasteiger partial charge in [0, 0.05) is 25.2 Å². The van der Waals surface area contributed by atoms with Crippen molar-refractivity contribution in [3.63, 3.8) is 0 Å². The summed E-state index contributed by atoms with van der Waals surface area (Å²) in [7, 11) is 1.38. The summed E-state index contributed by atoms with van der Waals surface area (Å²) in [5.74, 6) is -0.135. The molecule has 5 nitrogen and oxygen atoms in total. The van der Waals surface area contributed by atoms with E-state index in [1.54, 1.807) is 0 Å². The Morgan fingerprint density at radius 3 is 2.39 bits per heavy atom. The third-order valence-electron chi connectivity index (χ3n) is 4.55. The number of methoxy groups -OCH3 is 1. The summed E-state index contributed by atoms with van der Waals surface area (Å²) in [6.07, 6.45) is 1.42. The van der Waals surface area contributed by atoms with E-state index in [1.807, 2.05) is 0 Å². The number of hydrogen-bond donors (Lipinski definition) is 2. The summed E-state index contributed by atoms with van der Waals surface area (Å²) >= 11 is 0. The van der Waals surface area contributed by atoms with Crippen LogP contribution in [0.1, 0.15) is 18.4 Å². The predicted octanol–water partition coefficient (Wildman–Crippen LogP) is 1.88. The number of halogens is 2. The van der Waals surface area contributed by atoms with E-state index in [2.05, 4.69) is 4.90 Å². The minimum absolute atomic E-state index is 0.0740. The van der Waals surface area contributed by atoms with Crippen molar-refractivity contribution in [2.75, 3.05) is 20.2 Å². The topological polar surface area (TPSA) is 70.0 Å². The highest BCUT2D eigenvalue weighted by Crippen LogP contribution is 2.39. The molecule has 1 aliphatic carbocycles. The van der Waals surface area contributed by atoms with Crippen LogP contribution in [-0.4, -0.2) is 47.9 Å². The van der Waals surface area contributed by atoms with E-state index in [0.717, 1.165) is 25.9 Å². The molecule has 0 spiro atoms. The number of carboxylic acid groups (broad SMARTS) is 1. The number of likely N-dealkylation sites (tertiary alicyclic amines) is 1. The van der Waals surface area contributed by atoms with E-state index < -0.39 is 11.6 Å². The SMILES string of the molecule is COc1ccc(F)c(CN2C[C@H]3CC(O)C[C@H]3C2)c1F.O=CO. The molecule has 7 heteroatoms. The van der Waals surface area contributed by atoms with Gasteiger partial charge in [-0.25, -0.2) is 8.78 Å². The molecule has 3 atom stereocenters. The van der Waals surface area contributed by atoms with Crippen LogP contribution in [0.25, 0.3) is 0 Å². The maximum absolute atomic E-state index is 14.1. The quantitative estimate of drug-likeness (QED) is 0.829. The van der Waals surface area contributed by atoms with Gasteiger partial charge in [0.2, 0.25) is 0 Å².